The molecule has 0 heterocycles. The molecule has 0 saturated heterocycles. The molecule has 0 atom stereocenters. The Morgan fingerprint density at radius 3 is 1.80 bits per heavy atom. The maximum absolute atomic E-state index is 12.3. The van der Waals surface area contributed by atoms with E-state index in [1.807, 2.05) is 60.7 Å². The summed E-state index contributed by atoms with van der Waals surface area (Å²) in [5, 5.41) is 0. The van der Waals surface area contributed by atoms with E-state index in [4.69, 9.17) is 18.9 Å². The van der Waals surface area contributed by atoms with Crippen molar-refractivity contribution < 1.29 is 33.3 Å². The van der Waals surface area contributed by atoms with Crippen LogP contribution < -0.4 is 9.47 Å². The van der Waals surface area contributed by atoms with Crippen molar-refractivity contribution in [3.63, 3.8) is 0 Å². The van der Waals surface area contributed by atoms with Crippen molar-refractivity contribution in [1.29, 1.82) is 0 Å². The van der Waals surface area contributed by atoms with Crippen LogP contribution in [0.15, 0.2) is 103 Å². The Morgan fingerprint density at radius 2 is 1.22 bits per heavy atom. The van der Waals surface area contributed by atoms with Gasteiger partial charge in [0.25, 0.3) is 0 Å². The number of hydrogen-bond acceptors (Lipinski definition) is 7. The summed E-state index contributed by atoms with van der Waals surface area (Å²) in [6.45, 7) is 11.3. The Kier molecular flexibility index (Phi) is 11.7. The average Bonchev–Trinajstić information content (AvgIpc) is 2.97. The van der Waals surface area contributed by atoms with Crippen LogP contribution in [0.25, 0.3) is 17.2 Å². The van der Waals surface area contributed by atoms with Crippen LogP contribution in [-0.4, -0.2) is 37.7 Å². The molecule has 0 aliphatic heterocycles. The van der Waals surface area contributed by atoms with Gasteiger partial charge in [0.2, 0.25) is 0 Å². The van der Waals surface area contributed by atoms with Gasteiger partial charge in [-0.15, -0.1) is 0 Å². The van der Waals surface area contributed by atoms with Gasteiger partial charge in [0.1, 0.15) is 11.5 Å². The largest absolute Gasteiger partial charge is 0.493 e. The van der Waals surface area contributed by atoms with Gasteiger partial charge >= 0.3 is 17.9 Å². The Morgan fingerprint density at radius 1 is 0.683 bits per heavy atom. The first-order valence-corrected chi connectivity index (χ1v) is 13.2. The Hall–Kier alpha value is -4.91. The molecule has 0 unspecified atom stereocenters. The van der Waals surface area contributed by atoms with Crippen molar-refractivity contribution in [2.45, 2.75) is 26.7 Å². The highest BCUT2D eigenvalue weighted by Crippen LogP contribution is 2.23. The summed E-state index contributed by atoms with van der Waals surface area (Å²) in [5.74, 6) is -0.128. The zero-order chi connectivity index (χ0) is 29.6. The van der Waals surface area contributed by atoms with Gasteiger partial charge in [-0.3, -0.25) is 0 Å². The van der Waals surface area contributed by atoms with Crippen LogP contribution in [0.2, 0.25) is 0 Å². The summed E-state index contributed by atoms with van der Waals surface area (Å²) in [5.41, 5.74) is 4.61. The SMILES string of the molecule is C=C(C)C(=O)OCCCOc1ccc(-c2ccc(/C=C/C(=O)Oc3ccc(CCOC(=O)C(=C)C)cc3)cc2)cc1. The molecule has 0 aliphatic rings. The van der Waals surface area contributed by atoms with Crippen molar-refractivity contribution in [3.8, 4) is 22.6 Å². The zero-order valence-electron chi connectivity index (χ0n) is 23.4. The molecule has 212 valence electrons. The number of carbonyl (C=O) groups is 3. The monoisotopic (exact) mass is 554 g/mol. The van der Waals surface area contributed by atoms with Gasteiger partial charge in [0.15, 0.2) is 0 Å². The predicted octanol–water partition coefficient (Wildman–Crippen LogP) is 6.52. The molecule has 41 heavy (non-hydrogen) atoms. The first-order valence-electron chi connectivity index (χ1n) is 13.2. The average molecular weight is 555 g/mol. The number of carbonyl (C=O) groups excluding carboxylic acids is 3. The van der Waals surface area contributed by atoms with Crippen molar-refractivity contribution in [1.82, 2.24) is 0 Å². The molecular weight excluding hydrogens is 520 g/mol. The predicted molar refractivity (Wildman–Crippen MR) is 158 cm³/mol. The summed E-state index contributed by atoms with van der Waals surface area (Å²) >= 11 is 0. The highest BCUT2D eigenvalue weighted by molar-refractivity contribution is 5.89. The van der Waals surface area contributed by atoms with Crippen LogP contribution in [0.4, 0.5) is 0 Å². The molecule has 7 nitrogen and oxygen atoms in total. The van der Waals surface area contributed by atoms with Gasteiger partial charge in [-0.05, 0) is 66.4 Å². The topological polar surface area (TPSA) is 88.1 Å². The van der Waals surface area contributed by atoms with Crippen LogP contribution in [0.3, 0.4) is 0 Å². The molecule has 7 heteroatoms. The molecule has 0 N–H and O–H groups in total. The molecule has 0 saturated carbocycles. The third-order valence-electron chi connectivity index (χ3n) is 5.76. The lowest BCUT2D eigenvalue weighted by Crippen LogP contribution is -2.09. The number of hydrogen-bond donors (Lipinski definition) is 0. The Bertz CT molecular complexity index is 1380. The second kappa shape index (κ2) is 15.6. The van der Waals surface area contributed by atoms with Crippen molar-refractivity contribution in [3.05, 3.63) is 114 Å². The molecule has 0 radical (unpaired) electrons. The second-order valence-corrected chi connectivity index (χ2v) is 9.33. The Balaban J connectivity index is 1.42. The fourth-order valence-corrected chi connectivity index (χ4v) is 3.49. The van der Waals surface area contributed by atoms with E-state index in [0.29, 0.717) is 36.3 Å². The van der Waals surface area contributed by atoms with E-state index in [0.717, 1.165) is 28.0 Å². The summed E-state index contributed by atoms with van der Waals surface area (Å²) in [4.78, 5) is 35.1. The minimum atomic E-state index is -0.484. The van der Waals surface area contributed by atoms with Crippen LogP contribution in [0.1, 0.15) is 31.4 Å². The third-order valence-corrected chi connectivity index (χ3v) is 5.76. The standard InChI is InChI=1S/C34H34O7/c1-24(2)33(36)39-22-5-21-38-30-17-13-29(14-18-30)28-11-6-26(7-12-28)10-19-32(35)41-31-15-8-27(9-16-31)20-23-40-34(37)25(3)4/h6-19H,1,3,5,20-23H2,2,4H3/b19-10+. The molecule has 0 spiro atoms. The van der Waals surface area contributed by atoms with Gasteiger partial charge in [0, 0.05) is 30.1 Å². The number of rotatable bonds is 14. The lowest BCUT2D eigenvalue weighted by atomic mass is 10.0. The van der Waals surface area contributed by atoms with Crippen molar-refractivity contribution in [2.24, 2.45) is 0 Å². The molecule has 0 bridgehead atoms. The maximum Gasteiger partial charge on any atom is 0.336 e. The summed E-state index contributed by atoms with van der Waals surface area (Å²) in [6, 6.07) is 22.6. The van der Waals surface area contributed by atoms with Crippen LogP contribution in [-0.2, 0) is 30.3 Å². The molecule has 0 aromatic heterocycles. The molecule has 0 amide bonds. The fraction of sp³-hybridized carbons (Fsp3) is 0.206. The van der Waals surface area contributed by atoms with Gasteiger partial charge in [-0.25, -0.2) is 14.4 Å². The second-order valence-electron chi connectivity index (χ2n) is 9.33. The van der Waals surface area contributed by atoms with Gasteiger partial charge in [-0.1, -0.05) is 61.7 Å². The molecule has 0 fully saturated rings. The quantitative estimate of drug-likeness (QED) is 0.0970. The summed E-state index contributed by atoms with van der Waals surface area (Å²) in [7, 11) is 0. The smallest absolute Gasteiger partial charge is 0.336 e. The van der Waals surface area contributed by atoms with E-state index in [2.05, 4.69) is 13.2 Å². The van der Waals surface area contributed by atoms with E-state index < -0.39 is 17.9 Å². The number of ether oxygens (including phenoxy) is 4. The zero-order valence-corrected chi connectivity index (χ0v) is 23.4. The highest BCUT2D eigenvalue weighted by Gasteiger charge is 2.06. The first-order chi connectivity index (χ1) is 19.7. The van der Waals surface area contributed by atoms with E-state index in [1.54, 1.807) is 32.1 Å². The van der Waals surface area contributed by atoms with Gasteiger partial charge < -0.3 is 18.9 Å². The molecule has 3 aromatic rings. The lowest BCUT2D eigenvalue weighted by Gasteiger charge is -2.08. The Labute approximate surface area is 240 Å². The van der Waals surface area contributed by atoms with Crippen molar-refractivity contribution >= 4 is 24.0 Å². The third kappa shape index (κ3) is 10.6. The van der Waals surface area contributed by atoms with Crippen LogP contribution >= 0.6 is 0 Å². The molecule has 3 aromatic carbocycles. The van der Waals surface area contributed by atoms with E-state index in [-0.39, 0.29) is 13.2 Å². The van der Waals surface area contributed by atoms with Crippen LogP contribution in [0, 0.1) is 0 Å². The van der Waals surface area contributed by atoms with E-state index in [1.165, 1.54) is 6.08 Å². The summed E-state index contributed by atoms with van der Waals surface area (Å²) < 4.78 is 21.2. The summed E-state index contributed by atoms with van der Waals surface area (Å²) in [6.07, 6.45) is 4.22. The van der Waals surface area contributed by atoms with E-state index >= 15 is 0 Å². The number of benzene rings is 3. The normalized spacial score (nSPS) is 10.6. The van der Waals surface area contributed by atoms with Gasteiger partial charge in [-0.2, -0.15) is 0 Å². The fourth-order valence-electron chi connectivity index (χ4n) is 3.49. The minimum absolute atomic E-state index is 0.254. The maximum atomic E-state index is 12.3. The molecule has 3 rings (SSSR count). The molecule has 0 aliphatic carbocycles. The number of esters is 3. The lowest BCUT2D eigenvalue weighted by molar-refractivity contribution is -0.139. The minimum Gasteiger partial charge on any atom is -0.493 e. The van der Waals surface area contributed by atoms with Crippen LogP contribution in [0.5, 0.6) is 11.5 Å². The van der Waals surface area contributed by atoms with Crippen molar-refractivity contribution in [2.75, 3.05) is 19.8 Å². The first kappa shape index (κ1) is 30.6. The highest BCUT2D eigenvalue weighted by atomic mass is 16.5. The molecular formula is C34H34O7. The van der Waals surface area contributed by atoms with Gasteiger partial charge in [0.05, 0.1) is 19.8 Å². The van der Waals surface area contributed by atoms with E-state index in [9.17, 15) is 14.4 Å².